The van der Waals surface area contributed by atoms with Crippen molar-refractivity contribution in [1.29, 1.82) is 0 Å². The zero-order valence-electron chi connectivity index (χ0n) is 11.3. The van der Waals surface area contributed by atoms with E-state index in [0.717, 1.165) is 26.1 Å². The molecule has 18 heavy (non-hydrogen) atoms. The van der Waals surface area contributed by atoms with E-state index in [2.05, 4.69) is 5.32 Å². The molecule has 0 aliphatic carbocycles. The normalized spacial score (nSPS) is 12.4. The minimum absolute atomic E-state index is 0.0532. The van der Waals surface area contributed by atoms with E-state index >= 15 is 0 Å². The van der Waals surface area contributed by atoms with Gasteiger partial charge < -0.3 is 14.8 Å². The number of aryl methyl sites for hydroxylation is 1. The molecule has 1 atom stereocenters. The first kappa shape index (κ1) is 14.9. The predicted octanol–water partition coefficient (Wildman–Crippen LogP) is 2.53. The summed E-state index contributed by atoms with van der Waals surface area (Å²) in [4.78, 5) is 0. The maximum atomic E-state index is 13.1. The second-order valence-electron chi connectivity index (χ2n) is 4.39. The van der Waals surface area contributed by atoms with Gasteiger partial charge in [0, 0.05) is 20.3 Å². The van der Waals surface area contributed by atoms with Gasteiger partial charge in [0.2, 0.25) is 0 Å². The van der Waals surface area contributed by atoms with Crippen LogP contribution in [0.25, 0.3) is 0 Å². The summed E-state index contributed by atoms with van der Waals surface area (Å²) in [5, 5.41) is 3.29. The van der Waals surface area contributed by atoms with Gasteiger partial charge in [-0.15, -0.1) is 0 Å². The third-order valence-corrected chi connectivity index (χ3v) is 2.60. The Morgan fingerprint density at radius 1 is 1.39 bits per heavy atom. The van der Waals surface area contributed by atoms with E-state index in [9.17, 15) is 4.39 Å². The zero-order chi connectivity index (χ0) is 13.4. The van der Waals surface area contributed by atoms with Crippen LogP contribution in [0.3, 0.4) is 0 Å². The fourth-order valence-electron chi connectivity index (χ4n) is 1.61. The lowest BCUT2D eigenvalue weighted by Gasteiger charge is -2.16. The smallest absolute Gasteiger partial charge is 0.126 e. The van der Waals surface area contributed by atoms with Crippen LogP contribution >= 0.6 is 0 Å². The van der Waals surface area contributed by atoms with Crippen LogP contribution in [0.4, 0.5) is 4.39 Å². The van der Waals surface area contributed by atoms with Crippen LogP contribution in [-0.2, 0) is 4.74 Å². The molecule has 0 amide bonds. The molecule has 0 aromatic heterocycles. The number of rotatable bonds is 8. The van der Waals surface area contributed by atoms with Gasteiger partial charge in [-0.3, -0.25) is 0 Å². The number of benzene rings is 1. The van der Waals surface area contributed by atoms with Gasteiger partial charge in [-0.1, -0.05) is 0 Å². The molecule has 0 aliphatic heterocycles. The molecular weight excluding hydrogens is 233 g/mol. The van der Waals surface area contributed by atoms with Crippen molar-refractivity contribution in [2.45, 2.75) is 26.4 Å². The first-order valence-corrected chi connectivity index (χ1v) is 6.26. The molecule has 1 N–H and O–H groups in total. The Labute approximate surface area is 108 Å². The molecule has 1 rings (SSSR count). The molecule has 1 aromatic rings. The summed E-state index contributed by atoms with van der Waals surface area (Å²) >= 11 is 0. The lowest BCUT2D eigenvalue weighted by atomic mass is 10.2. The second-order valence-corrected chi connectivity index (χ2v) is 4.39. The Hall–Kier alpha value is -1.13. The Bertz CT molecular complexity index is 358. The quantitative estimate of drug-likeness (QED) is 0.724. The van der Waals surface area contributed by atoms with Crippen LogP contribution in [0.1, 0.15) is 18.9 Å². The molecule has 0 radical (unpaired) electrons. The van der Waals surface area contributed by atoms with Gasteiger partial charge in [-0.25, -0.2) is 4.39 Å². The highest BCUT2D eigenvalue weighted by Gasteiger charge is 2.05. The van der Waals surface area contributed by atoms with Gasteiger partial charge in [-0.2, -0.15) is 0 Å². The fraction of sp³-hybridized carbons (Fsp3) is 0.571. The summed E-state index contributed by atoms with van der Waals surface area (Å²) in [7, 11) is 1.70. The minimum atomic E-state index is -0.201. The lowest BCUT2D eigenvalue weighted by Crippen LogP contribution is -2.30. The topological polar surface area (TPSA) is 30.5 Å². The number of hydrogen-bond donors (Lipinski definition) is 1. The van der Waals surface area contributed by atoms with Gasteiger partial charge in [0.15, 0.2) is 0 Å². The summed E-state index contributed by atoms with van der Waals surface area (Å²) in [6, 6.07) is 4.81. The largest absolute Gasteiger partial charge is 0.489 e. The van der Waals surface area contributed by atoms with Crippen LogP contribution in [-0.4, -0.2) is 32.9 Å². The van der Waals surface area contributed by atoms with E-state index in [4.69, 9.17) is 9.47 Å². The van der Waals surface area contributed by atoms with E-state index in [1.807, 2.05) is 6.92 Å². The number of hydrogen-bond acceptors (Lipinski definition) is 3. The van der Waals surface area contributed by atoms with Gasteiger partial charge in [-0.05, 0) is 50.6 Å². The van der Waals surface area contributed by atoms with Crippen molar-refractivity contribution in [2.24, 2.45) is 0 Å². The summed E-state index contributed by atoms with van der Waals surface area (Å²) in [5.41, 5.74) is 0.604. The zero-order valence-corrected chi connectivity index (χ0v) is 11.3. The van der Waals surface area contributed by atoms with Gasteiger partial charge >= 0.3 is 0 Å². The molecular formula is C14H22FNO2. The fourth-order valence-corrected chi connectivity index (χ4v) is 1.61. The van der Waals surface area contributed by atoms with Crippen LogP contribution in [0.2, 0.25) is 0 Å². The Morgan fingerprint density at radius 2 is 2.17 bits per heavy atom. The third-order valence-electron chi connectivity index (χ3n) is 2.60. The first-order chi connectivity index (χ1) is 8.63. The molecule has 0 fully saturated rings. The van der Waals surface area contributed by atoms with Crippen molar-refractivity contribution in [3.8, 4) is 5.75 Å². The SMILES string of the molecule is COCCCNCC(C)Oc1ccc(F)c(C)c1. The van der Waals surface area contributed by atoms with Gasteiger partial charge in [0.25, 0.3) is 0 Å². The summed E-state index contributed by atoms with van der Waals surface area (Å²) in [6.07, 6.45) is 1.04. The molecule has 3 nitrogen and oxygen atoms in total. The van der Waals surface area contributed by atoms with E-state index in [0.29, 0.717) is 11.3 Å². The number of halogens is 1. The van der Waals surface area contributed by atoms with Crippen LogP contribution < -0.4 is 10.1 Å². The van der Waals surface area contributed by atoms with E-state index in [1.54, 1.807) is 26.2 Å². The van der Waals surface area contributed by atoms with Crippen molar-refractivity contribution in [3.63, 3.8) is 0 Å². The van der Waals surface area contributed by atoms with E-state index in [1.165, 1.54) is 6.07 Å². The van der Waals surface area contributed by atoms with Crippen molar-refractivity contribution in [3.05, 3.63) is 29.6 Å². The summed E-state index contributed by atoms with van der Waals surface area (Å²) in [6.45, 7) is 6.15. The Balaban J connectivity index is 2.26. The molecule has 102 valence electrons. The minimum Gasteiger partial charge on any atom is -0.489 e. The molecule has 0 saturated carbocycles. The highest BCUT2D eigenvalue weighted by molar-refractivity contribution is 5.28. The van der Waals surface area contributed by atoms with Crippen LogP contribution in [0.5, 0.6) is 5.75 Å². The van der Waals surface area contributed by atoms with E-state index in [-0.39, 0.29) is 11.9 Å². The van der Waals surface area contributed by atoms with Crippen molar-refractivity contribution < 1.29 is 13.9 Å². The molecule has 1 unspecified atom stereocenters. The molecule has 4 heteroatoms. The van der Waals surface area contributed by atoms with Crippen LogP contribution in [0, 0.1) is 12.7 Å². The molecule has 0 saturated heterocycles. The van der Waals surface area contributed by atoms with Crippen molar-refractivity contribution in [1.82, 2.24) is 5.32 Å². The van der Waals surface area contributed by atoms with Gasteiger partial charge in [0.05, 0.1) is 0 Å². The van der Waals surface area contributed by atoms with Crippen molar-refractivity contribution in [2.75, 3.05) is 26.8 Å². The number of methoxy groups -OCH3 is 1. The maximum Gasteiger partial charge on any atom is 0.126 e. The maximum absolute atomic E-state index is 13.1. The van der Waals surface area contributed by atoms with E-state index < -0.39 is 0 Å². The second kappa shape index (κ2) is 8.06. The predicted molar refractivity (Wildman–Crippen MR) is 70.6 cm³/mol. The highest BCUT2D eigenvalue weighted by Crippen LogP contribution is 2.16. The first-order valence-electron chi connectivity index (χ1n) is 6.26. The molecule has 0 aliphatic rings. The summed E-state index contributed by atoms with van der Waals surface area (Å²) < 4.78 is 23.7. The summed E-state index contributed by atoms with van der Waals surface area (Å²) in [5.74, 6) is 0.507. The Kier molecular flexibility index (Phi) is 6.68. The molecule has 0 spiro atoms. The Morgan fingerprint density at radius 3 is 2.83 bits per heavy atom. The number of ether oxygens (including phenoxy) is 2. The monoisotopic (exact) mass is 255 g/mol. The average Bonchev–Trinajstić information content (AvgIpc) is 2.34. The molecule has 0 heterocycles. The molecule has 1 aromatic carbocycles. The third kappa shape index (κ3) is 5.47. The standard InChI is InChI=1S/C14H22FNO2/c1-11-9-13(5-6-14(11)15)18-12(2)10-16-7-4-8-17-3/h5-6,9,12,16H,4,7-8,10H2,1-3H3. The average molecular weight is 255 g/mol. The number of nitrogens with one attached hydrogen (secondary N) is 1. The lowest BCUT2D eigenvalue weighted by molar-refractivity contribution is 0.188. The highest BCUT2D eigenvalue weighted by atomic mass is 19.1. The van der Waals surface area contributed by atoms with Crippen molar-refractivity contribution >= 4 is 0 Å². The molecule has 0 bridgehead atoms. The van der Waals surface area contributed by atoms with Gasteiger partial charge in [0.1, 0.15) is 17.7 Å². The van der Waals surface area contributed by atoms with Crippen LogP contribution in [0.15, 0.2) is 18.2 Å².